The van der Waals surface area contributed by atoms with Gasteiger partial charge in [0.15, 0.2) is 0 Å². The second-order valence-electron chi connectivity index (χ2n) is 5.08. The second-order valence-corrected chi connectivity index (χ2v) is 5.08. The Morgan fingerprint density at radius 2 is 1.94 bits per heavy atom. The molecule has 3 nitrogen and oxygen atoms in total. The van der Waals surface area contributed by atoms with E-state index in [0.29, 0.717) is 0 Å². The minimum atomic E-state index is -0.0911. The van der Waals surface area contributed by atoms with Gasteiger partial charge in [0.05, 0.1) is 0 Å². The van der Waals surface area contributed by atoms with Crippen molar-refractivity contribution in [1.29, 1.82) is 0 Å². The summed E-state index contributed by atoms with van der Waals surface area (Å²) in [6.45, 7) is 2.28. The third kappa shape index (κ3) is 1.50. The summed E-state index contributed by atoms with van der Waals surface area (Å²) in [4.78, 5) is 6.95. The molecule has 0 unspecified atom stereocenters. The van der Waals surface area contributed by atoms with Crippen LogP contribution in [0.15, 0.2) is 18.3 Å². The number of aromatic nitrogens is 1. The molecule has 0 radical (unpaired) electrons. The molecule has 0 bridgehead atoms. The van der Waals surface area contributed by atoms with Gasteiger partial charge in [-0.3, -0.25) is 0 Å². The van der Waals surface area contributed by atoms with E-state index in [1.807, 2.05) is 12.3 Å². The van der Waals surface area contributed by atoms with Gasteiger partial charge < -0.3 is 10.6 Å². The van der Waals surface area contributed by atoms with Crippen molar-refractivity contribution in [1.82, 2.24) is 4.98 Å². The lowest BCUT2D eigenvalue weighted by molar-refractivity contribution is 0.253. The second kappa shape index (κ2) is 3.74. The Balaban J connectivity index is 1.97. The number of nitrogens with two attached hydrogens (primary N) is 1. The fourth-order valence-electron chi connectivity index (χ4n) is 2.79. The molecule has 3 rings (SSSR count). The summed E-state index contributed by atoms with van der Waals surface area (Å²) in [6.07, 6.45) is 7.93. The van der Waals surface area contributed by atoms with E-state index in [4.69, 9.17) is 5.73 Å². The number of anilines is 1. The van der Waals surface area contributed by atoms with E-state index >= 15 is 0 Å². The Morgan fingerprint density at radius 1 is 1.19 bits per heavy atom. The minimum Gasteiger partial charge on any atom is -0.356 e. The molecule has 1 aliphatic carbocycles. The van der Waals surface area contributed by atoms with Crippen LogP contribution in [0, 0.1) is 0 Å². The van der Waals surface area contributed by atoms with E-state index in [9.17, 15) is 0 Å². The lowest BCUT2D eigenvalue weighted by atomic mass is 9.73. The van der Waals surface area contributed by atoms with Gasteiger partial charge in [0.1, 0.15) is 5.82 Å². The van der Waals surface area contributed by atoms with Crippen LogP contribution in [0.2, 0.25) is 0 Å². The molecular weight excluding hydrogens is 198 g/mol. The molecule has 86 valence electrons. The molecular formula is C13H19N3. The van der Waals surface area contributed by atoms with Crippen molar-refractivity contribution < 1.29 is 0 Å². The minimum absolute atomic E-state index is 0.0911. The zero-order valence-electron chi connectivity index (χ0n) is 9.65. The molecule has 0 atom stereocenters. The number of hydrogen-bond acceptors (Lipinski definition) is 3. The van der Waals surface area contributed by atoms with E-state index in [1.54, 1.807) is 0 Å². The number of rotatable bonds is 2. The lowest BCUT2D eigenvalue weighted by Gasteiger charge is -2.40. The molecule has 2 heterocycles. The van der Waals surface area contributed by atoms with Crippen molar-refractivity contribution in [3.63, 3.8) is 0 Å². The van der Waals surface area contributed by atoms with Gasteiger partial charge in [-0.25, -0.2) is 4.98 Å². The van der Waals surface area contributed by atoms with Crippen LogP contribution in [0.25, 0.3) is 0 Å². The summed E-state index contributed by atoms with van der Waals surface area (Å²) >= 11 is 0. The van der Waals surface area contributed by atoms with Crippen molar-refractivity contribution >= 4 is 5.82 Å². The van der Waals surface area contributed by atoms with Crippen LogP contribution in [0.4, 0.5) is 5.82 Å². The highest BCUT2D eigenvalue weighted by molar-refractivity contribution is 5.51. The molecule has 1 aliphatic heterocycles. The number of nitrogens with zero attached hydrogens (tertiary/aromatic N) is 2. The van der Waals surface area contributed by atoms with Crippen molar-refractivity contribution in [3.05, 3.63) is 23.9 Å². The van der Waals surface area contributed by atoms with Crippen molar-refractivity contribution in [3.8, 4) is 0 Å². The smallest absolute Gasteiger partial charge is 0.133 e. The molecule has 2 N–H and O–H groups in total. The van der Waals surface area contributed by atoms with Crippen molar-refractivity contribution in [2.45, 2.75) is 37.6 Å². The predicted molar refractivity (Wildman–Crippen MR) is 65.4 cm³/mol. The van der Waals surface area contributed by atoms with Gasteiger partial charge in [-0.1, -0.05) is 6.07 Å². The lowest BCUT2D eigenvalue weighted by Crippen LogP contribution is -2.44. The zero-order chi connectivity index (χ0) is 11.0. The summed E-state index contributed by atoms with van der Waals surface area (Å²) in [6, 6.07) is 4.18. The van der Waals surface area contributed by atoms with E-state index in [0.717, 1.165) is 31.7 Å². The number of pyridine rings is 1. The zero-order valence-corrected chi connectivity index (χ0v) is 9.65. The van der Waals surface area contributed by atoms with Gasteiger partial charge in [-0.05, 0) is 38.2 Å². The standard InChI is InChI=1S/C13H19N3/c14-13(6-4-7-13)11-5-3-8-15-12(11)16-9-1-2-10-16/h3,5,8H,1-2,4,6-7,9-10,14H2. The summed E-state index contributed by atoms with van der Waals surface area (Å²) in [7, 11) is 0. The third-order valence-corrected chi connectivity index (χ3v) is 3.97. The number of hydrogen-bond donors (Lipinski definition) is 1. The molecule has 3 heteroatoms. The van der Waals surface area contributed by atoms with E-state index < -0.39 is 0 Å². The van der Waals surface area contributed by atoms with Crippen LogP contribution < -0.4 is 10.6 Å². The highest BCUT2D eigenvalue weighted by atomic mass is 15.2. The van der Waals surface area contributed by atoms with E-state index in [-0.39, 0.29) is 5.54 Å². The normalized spacial score (nSPS) is 23.2. The average molecular weight is 217 g/mol. The highest BCUT2D eigenvalue weighted by Crippen LogP contribution is 2.42. The maximum atomic E-state index is 6.43. The molecule has 16 heavy (non-hydrogen) atoms. The van der Waals surface area contributed by atoms with Crippen molar-refractivity contribution in [2.75, 3.05) is 18.0 Å². The topological polar surface area (TPSA) is 42.1 Å². The van der Waals surface area contributed by atoms with Crippen LogP contribution in [0.1, 0.15) is 37.7 Å². The van der Waals surface area contributed by atoms with Gasteiger partial charge in [0.25, 0.3) is 0 Å². The monoisotopic (exact) mass is 217 g/mol. The van der Waals surface area contributed by atoms with Crippen LogP contribution in [-0.2, 0) is 5.54 Å². The third-order valence-electron chi connectivity index (χ3n) is 3.97. The Bertz CT molecular complexity index is 379. The summed E-state index contributed by atoms with van der Waals surface area (Å²) in [5.41, 5.74) is 7.60. The predicted octanol–water partition coefficient (Wildman–Crippen LogP) is 2.02. The van der Waals surface area contributed by atoms with Crippen molar-refractivity contribution in [2.24, 2.45) is 5.73 Å². The maximum Gasteiger partial charge on any atom is 0.133 e. The largest absolute Gasteiger partial charge is 0.356 e. The Kier molecular flexibility index (Phi) is 2.36. The maximum absolute atomic E-state index is 6.43. The first-order chi connectivity index (χ1) is 7.80. The van der Waals surface area contributed by atoms with E-state index in [2.05, 4.69) is 16.0 Å². The first kappa shape index (κ1) is 10.1. The molecule has 1 saturated carbocycles. The first-order valence-corrected chi connectivity index (χ1v) is 6.29. The fraction of sp³-hybridized carbons (Fsp3) is 0.615. The Morgan fingerprint density at radius 3 is 2.56 bits per heavy atom. The average Bonchev–Trinajstić information content (AvgIpc) is 2.79. The highest BCUT2D eigenvalue weighted by Gasteiger charge is 2.37. The molecule has 1 saturated heterocycles. The summed E-state index contributed by atoms with van der Waals surface area (Å²) in [5.74, 6) is 1.14. The van der Waals surface area contributed by atoms with Gasteiger partial charge in [-0.2, -0.15) is 0 Å². The van der Waals surface area contributed by atoms with E-state index in [1.165, 1.54) is 24.8 Å². The molecule has 0 amide bonds. The molecule has 1 aromatic rings. The quantitative estimate of drug-likeness (QED) is 0.824. The fourth-order valence-corrected chi connectivity index (χ4v) is 2.79. The van der Waals surface area contributed by atoms with Crippen LogP contribution in [0.5, 0.6) is 0 Å². The van der Waals surface area contributed by atoms with Crippen LogP contribution in [-0.4, -0.2) is 18.1 Å². The SMILES string of the molecule is NC1(c2cccnc2N2CCCC2)CCC1. The molecule has 1 aromatic heterocycles. The molecule has 0 spiro atoms. The summed E-state index contributed by atoms with van der Waals surface area (Å²) in [5, 5.41) is 0. The molecule has 2 aliphatic rings. The van der Waals surface area contributed by atoms with Crippen LogP contribution in [0.3, 0.4) is 0 Å². The van der Waals surface area contributed by atoms with Gasteiger partial charge in [-0.15, -0.1) is 0 Å². The molecule has 2 fully saturated rings. The Hall–Kier alpha value is -1.09. The van der Waals surface area contributed by atoms with Crippen LogP contribution >= 0.6 is 0 Å². The summed E-state index contributed by atoms with van der Waals surface area (Å²) < 4.78 is 0. The first-order valence-electron chi connectivity index (χ1n) is 6.29. The van der Waals surface area contributed by atoms with Gasteiger partial charge in [0.2, 0.25) is 0 Å². The van der Waals surface area contributed by atoms with Gasteiger partial charge >= 0.3 is 0 Å². The Labute approximate surface area is 96.7 Å². The van der Waals surface area contributed by atoms with Gasteiger partial charge in [0, 0.05) is 30.4 Å². The molecule has 0 aromatic carbocycles.